The molecule has 4 rings (SSSR count). The topological polar surface area (TPSA) is 92.7 Å². The molecule has 9 heteroatoms. The van der Waals surface area contributed by atoms with Crippen LogP contribution in [-0.4, -0.2) is 67.5 Å². The van der Waals surface area contributed by atoms with E-state index in [1.54, 1.807) is 6.20 Å². The number of aromatic nitrogens is 3. The highest BCUT2D eigenvalue weighted by Crippen LogP contribution is 2.29. The Labute approximate surface area is 176 Å². The number of amides is 1. The molecule has 2 aliphatic heterocycles. The summed E-state index contributed by atoms with van der Waals surface area (Å²) in [6.45, 7) is 6.97. The Morgan fingerprint density at radius 3 is 2.53 bits per heavy atom. The molecule has 0 atom stereocenters. The molecule has 0 radical (unpaired) electrons. The fraction of sp³-hybridized carbons (Fsp3) is 0.524. The highest BCUT2D eigenvalue weighted by Gasteiger charge is 2.20. The molecular formula is C21H28N6O3. The monoisotopic (exact) mass is 412 g/mol. The minimum Gasteiger partial charge on any atom is -0.453 e. The van der Waals surface area contributed by atoms with E-state index in [1.165, 1.54) is 13.5 Å². The molecule has 2 aliphatic rings. The molecule has 1 N–H and O–H groups in total. The van der Waals surface area contributed by atoms with Crippen LogP contribution in [-0.2, 0) is 9.47 Å². The first-order valence-electron chi connectivity index (χ1n) is 10.4. The first-order valence-corrected chi connectivity index (χ1v) is 10.4. The Bertz CT molecular complexity index is 858. The summed E-state index contributed by atoms with van der Waals surface area (Å²) in [6, 6.07) is 3.85. The number of carbonyl (C=O) groups is 1. The number of carbonyl (C=O) groups excluding carboxylic acids is 1. The van der Waals surface area contributed by atoms with Gasteiger partial charge in [-0.25, -0.2) is 14.8 Å². The number of nitrogens with zero attached hydrogens (tertiary/aromatic N) is 5. The lowest BCUT2D eigenvalue weighted by atomic mass is 10.1. The molecule has 0 aliphatic carbocycles. The predicted molar refractivity (Wildman–Crippen MR) is 115 cm³/mol. The first-order chi connectivity index (χ1) is 14.6. The van der Waals surface area contributed by atoms with E-state index in [4.69, 9.17) is 14.7 Å². The maximum Gasteiger partial charge on any atom is 0.412 e. The summed E-state index contributed by atoms with van der Waals surface area (Å²) in [5.74, 6) is 2.13. The third kappa shape index (κ3) is 4.62. The highest BCUT2D eigenvalue weighted by atomic mass is 16.5. The van der Waals surface area contributed by atoms with Crippen LogP contribution in [0.5, 0.6) is 0 Å². The fourth-order valence-corrected chi connectivity index (χ4v) is 3.80. The number of piperidine rings is 1. The number of hydrogen-bond donors (Lipinski definition) is 1. The average molecular weight is 412 g/mol. The number of methoxy groups -OCH3 is 1. The van der Waals surface area contributed by atoms with Gasteiger partial charge in [-0.3, -0.25) is 5.32 Å². The quantitative estimate of drug-likeness (QED) is 0.820. The molecule has 1 amide bonds. The van der Waals surface area contributed by atoms with Crippen LogP contribution in [0.15, 0.2) is 18.3 Å². The molecule has 160 valence electrons. The van der Waals surface area contributed by atoms with Gasteiger partial charge in [0.2, 0.25) is 5.95 Å². The molecule has 0 unspecified atom stereocenters. The lowest BCUT2D eigenvalue weighted by Crippen LogP contribution is -2.37. The Morgan fingerprint density at radius 1 is 1.07 bits per heavy atom. The lowest BCUT2D eigenvalue weighted by molar-refractivity contribution is 0.122. The lowest BCUT2D eigenvalue weighted by Gasteiger charge is -2.31. The fourth-order valence-electron chi connectivity index (χ4n) is 3.80. The second-order valence-corrected chi connectivity index (χ2v) is 7.56. The van der Waals surface area contributed by atoms with Crippen LogP contribution in [0.1, 0.15) is 24.8 Å². The van der Waals surface area contributed by atoms with Gasteiger partial charge in [0.05, 0.1) is 26.0 Å². The van der Waals surface area contributed by atoms with Crippen molar-refractivity contribution in [2.24, 2.45) is 0 Å². The summed E-state index contributed by atoms with van der Waals surface area (Å²) in [5.41, 5.74) is 2.72. The SMILES string of the molecule is COC(=O)Nc1cc(C)c(-c2cc(N3CCOCC3)nc(N3CCCCC3)n2)cn1. The van der Waals surface area contributed by atoms with Crippen molar-refractivity contribution in [3.63, 3.8) is 0 Å². The molecule has 0 bridgehead atoms. The summed E-state index contributed by atoms with van der Waals surface area (Å²) in [7, 11) is 1.33. The van der Waals surface area contributed by atoms with Crippen LogP contribution in [0.3, 0.4) is 0 Å². The molecule has 2 aromatic heterocycles. The van der Waals surface area contributed by atoms with E-state index in [0.29, 0.717) is 19.0 Å². The largest absolute Gasteiger partial charge is 0.453 e. The number of hydrogen-bond acceptors (Lipinski definition) is 8. The van der Waals surface area contributed by atoms with Crippen molar-refractivity contribution in [1.82, 2.24) is 15.0 Å². The molecule has 0 saturated carbocycles. The number of nitrogens with one attached hydrogen (secondary N) is 1. The molecule has 2 saturated heterocycles. The normalized spacial score (nSPS) is 17.0. The van der Waals surface area contributed by atoms with Gasteiger partial charge in [0, 0.05) is 44.0 Å². The van der Waals surface area contributed by atoms with E-state index in [1.807, 2.05) is 19.1 Å². The molecule has 0 spiro atoms. The van der Waals surface area contributed by atoms with Gasteiger partial charge in [0.15, 0.2) is 0 Å². The van der Waals surface area contributed by atoms with Gasteiger partial charge in [-0.2, -0.15) is 4.98 Å². The zero-order valence-corrected chi connectivity index (χ0v) is 17.6. The standard InChI is InChI=1S/C21H28N6O3/c1-15-12-18(24-21(28)29-2)22-14-16(15)17-13-19(26-8-10-30-11-9-26)25-20(23-17)27-6-4-3-5-7-27/h12-14H,3-11H2,1-2H3,(H,22,24,28). The van der Waals surface area contributed by atoms with E-state index in [-0.39, 0.29) is 0 Å². The van der Waals surface area contributed by atoms with Crippen LogP contribution in [0, 0.1) is 6.92 Å². The molecule has 4 heterocycles. The van der Waals surface area contributed by atoms with Gasteiger partial charge in [0.1, 0.15) is 11.6 Å². The zero-order valence-electron chi connectivity index (χ0n) is 17.6. The zero-order chi connectivity index (χ0) is 20.9. The summed E-state index contributed by atoms with van der Waals surface area (Å²) in [6.07, 6.45) is 4.78. The third-order valence-corrected chi connectivity index (χ3v) is 5.48. The molecule has 30 heavy (non-hydrogen) atoms. The molecule has 2 aromatic rings. The van der Waals surface area contributed by atoms with Crippen LogP contribution >= 0.6 is 0 Å². The second kappa shape index (κ2) is 9.25. The van der Waals surface area contributed by atoms with E-state index in [0.717, 1.165) is 67.6 Å². The average Bonchev–Trinajstić information content (AvgIpc) is 2.80. The van der Waals surface area contributed by atoms with Crippen molar-refractivity contribution >= 4 is 23.7 Å². The highest BCUT2D eigenvalue weighted by molar-refractivity contribution is 5.83. The summed E-state index contributed by atoms with van der Waals surface area (Å²) >= 11 is 0. The van der Waals surface area contributed by atoms with Gasteiger partial charge in [-0.1, -0.05) is 0 Å². The minimum atomic E-state index is -0.543. The molecular weight excluding hydrogens is 384 g/mol. The van der Waals surface area contributed by atoms with Crippen molar-refractivity contribution in [3.8, 4) is 11.3 Å². The van der Waals surface area contributed by atoms with Crippen molar-refractivity contribution in [2.75, 3.05) is 61.6 Å². The predicted octanol–water partition coefficient (Wildman–Crippen LogP) is 2.85. The van der Waals surface area contributed by atoms with Gasteiger partial charge in [-0.15, -0.1) is 0 Å². The Balaban J connectivity index is 1.69. The van der Waals surface area contributed by atoms with E-state index in [9.17, 15) is 4.79 Å². The van der Waals surface area contributed by atoms with Crippen molar-refractivity contribution < 1.29 is 14.3 Å². The number of ether oxygens (including phenoxy) is 2. The van der Waals surface area contributed by atoms with Gasteiger partial charge in [-0.05, 0) is 37.8 Å². The number of pyridine rings is 1. The number of rotatable bonds is 4. The van der Waals surface area contributed by atoms with Crippen LogP contribution in [0.4, 0.5) is 22.4 Å². The Kier molecular flexibility index (Phi) is 6.27. The van der Waals surface area contributed by atoms with Crippen LogP contribution in [0.25, 0.3) is 11.3 Å². The first kappa shape index (κ1) is 20.3. The Hall–Kier alpha value is -2.94. The summed E-state index contributed by atoms with van der Waals surface area (Å²) < 4.78 is 10.1. The Morgan fingerprint density at radius 2 is 1.83 bits per heavy atom. The maximum absolute atomic E-state index is 11.5. The van der Waals surface area contributed by atoms with E-state index >= 15 is 0 Å². The number of anilines is 3. The number of aryl methyl sites for hydroxylation is 1. The minimum absolute atomic E-state index is 0.446. The third-order valence-electron chi connectivity index (χ3n) is 5.48. The van der Waals surface area contributed by atoms with E-state index < -0.39 is 6.09 Å². The van der Waals surface area contributed by atoms with Crippen molar-refractivity contribution in [2.45, 2.75) is 26.2 Å². The summed E-state index contributed by atoms with van der Waals surface area (Å²) in [5, 5.41) is 2.60. The maximum atomic E-state index is 11.5. The second-order valence-electron chi connectivity index (χ2n) is 7.56. The molecule has 9 nitrogen and oxygen atoms in total. The number of morpholine rings is 1. The van der Waals surface area contributed by atoms with Crippen molar-refractivity contribution in [1.29, 1.82) is 0 Å². The molecule has 0 aromatic carbocycles. The van der Waals surface area contributed by atoms with Crippen molar-refractivity contribution in [3.05, 3.63) is 23.9 Å². The van der Waals surface area contributed by atoms with Crippen LogP contribution in [0.2, 0.25) is 0 Å². The van der Waals surface area contributed by atoms with Gasteiger partial charge < -0.3 is 19.3 Å². The van der Waals surface area contributed by atoms with Gasteiger partial charge >= 0.3 is 6.09 Å². The van der Waals surface area contributed by atoms with E-state index in [2.05, 4.69) is 24.8 Å². The summed E-state index contributed by atoms with van der Waals surface area (Å²) in [4.78, 5) is 30.1. The molecule has 2 fully saturated rings. The van der Waals surface area contributed by atoms with Gasteiger partial charge in [0.25, 0.3) is 0 Å². The smallest absolute Gasteiger partial charge is 0.412 e. The van der Waals surface area contributed by atoms with Crippen LogP contribution < -0.4 is 15.1 Å².